The van der Waals surface area contributed by atoms with Crippen molar-refractivity contribution in [3.8, 4) is 17.2 Å². The van der Waals surface area contributed by atoms with Crippen LogP contribution in [0.2, 0.25) is 0 Å². The molecule has 0 spiro atoms. The van der Waals surface area contributed by atoms with Gasteiger partial charge in [-0.2, -0.15) is 0 Å². The van der Waals surface area contributed by atoms with Crippen molar-refractivity contribution in [2.24, 2.45) is 0 Å². The molecule has 6 nitrogen and oxygen atoms in total. The SMILES string of the molecule is O=C(COc1ccc(Oc2ccccc2)cc1)Nc1ncnc2sc3c(c12)CCCC3. The van der Waals surface area contributed by atoms with Crippen molar-refractivity contribution in [2.75, 3.05) is 11.9 Å². The summed E-state index contributed by atoms with van der Waals surface area (Å²) in [5.41, 5.74) is 1.29. The van der Waals surface area contributed by atoms with E-state index in [4.69, 9.17) is 9.47 Å². The Labute approximate surface area is 183 Å². The predicted octanol–water partition coefficient (Wildman–Crippen LogP) is 5.38. The number of aryl methyl sites for hydroxylation is 2. The normalized spacial score (nSPS) is 12.9. The Morgan fingerprint density at radius 1 is 0.935 bits per heavy atom. The maximum atomic E-state index is 12.5. The van der Waals surface area contributed by atoms with E-state index < -0.39 is 0 Å². The zero-order chi connectivity index (χ0) is 21.0. The Kier molecular flexibility index (Phi) is 5.50. The highest BCUT2D eigenvalue weighted by Gasteiger charge is 2.20. The minimum Gasteiger partial charge on any atom is -0.484 e. The summed E-state index contributed by atoms with van der Waals surface area (Å²) in [6.07, 6.45) is 5.97. The number of ether oxygens (including phenoxy) is 2. The van der Waals surface area contributed by atoms with E-state index in [0.29, 0.717) is 17.3 Å². The van der Waals surface area contributed by atoms with Gasteiger partial charge in [-0.3, -0.25) is 4.79 Å². The fraction of sp³-hybridized carbons (Fsp3) is 0.208. The molecule has 0 unspecified atom stereocenters. The number of hydrogen-bond donors (Lipinski definition) is 1. The quantitative estimate of drug-likeness (QED) is 0.444. The molecule has 1 N–H and O–H groups in total. The van der Waals surface area contributed by atoms with Gasteiger partial charge in [0.2, 0.25) is 0 Å². The first-order chi connectivity index (χ1) is 15.3. The van der Waals surface area contributed by atoms with Crippen LogP contribution in [0.1, 0.15) is 23.3 Å². The molecular weight excluding hydrogens is 410 g/mol. The highest BCUT2D eigenvalue weighted by atomic mass is 32.1. The van der Waals surface area contributed by atoms with Crippen LogP contribution in [-0.2, 0) is 17.6 Å². The van der Waals surface area contributed by atoms with E-state index in [1.165, 1.54) is 23.2 Å². The van der Waals surface area contributed by atoms with Crippen LogP contribution in [-0.4, -0.2) is 22.5 Å². The summed E-state index contributed by atoms with van der Waals surface area (Å²) < 4.78 is 11.4. The third-order valence-corrected chi connectivity index (χ3v) is 6.38. The van der Waals surface area contributed by atoms with Gasteiger partial charge < -0.3 is 14.8 Å². The number of carbonyl (C=O) groups is 1. The second kappa shape index (κ2) is 8.73. The summed E-state index contributed by atoms with van der Waals surface area (Å²) >= 11 is 1.71. The molecule has 0 saturated heterocycles. The minimum atomic E-state index is -0.250. The first kappa shape index (κ1) is 19.5. The predicted molar refractivity (Wildman–Crippen MR) is 121 cm³/mol. The van der Waals surface area contributed by atoms with Crippen LogP contribution in [0.4, 0.5) is 5.82 Å². The van der Waals surface area contributed by atoms with E-state index >= 15 is 0 Å². The number of nitrogens with one attached hydrogen (secondary N) is 1. The molecule has 0 atom stereocenters. The fourth-order valence-electron chi connectivity index (χ4n) is 3.73. The summed E-state index contributed by atoms with van der Waals surface area (Å²) in [4.78, 5) is 23.5. The molecule has 0 saturated carbocycles. The maximum Gasteiger partial charge on any atom is 0.263 e. The zero-order valence-corrected chi connectivity index (χ0v) is 17.7. The van der Waals surface area contributed by atoms with Crippen LogP contribution in [0.25, 0.3) is 10.2 Å². The van der Waals surface area contributed by atoms with Gasteiger partial charge in [0.25, 0.3) is 5.91 Å². The summed E-state index contributed by atoms with van der Waals surface area (Å²) in [6, 6.07) is 16.7. The average molecular weight is 432 g/mol. The molecule has 0 bridgehead atoms. The van der Waals surface area contributed by atoms with E-state index in [0.717, 1.165) is 35.2 Å². The number of carbonyl (C=O) groups excluding carboxylic acids is 1. The van der Waals surface area contributed by atoms with Crippen molar-refractivity contribution in [3.05, 3.63) is 71.4 Å². The topological polar surface area (TPSA) is 73.3 Å². The first-order valence-corrected chi connectivity index (χ1v) is 11.1. The number of aromatic nitrogens is 2. The highest BCUT2D eigenvalue weighted by Crippen LogP contribution is 2.38. The van der Waals surface area contributed by atoms with Gasteiger partial charge in [0, 0.05) is 4.88 Å². The van der Waals surface area contributed by atoms with Gasteiger partial charge in [0.05, 0.1) is 5.39 Å². The Morgan fingerprint density at radius 2 is 1.68 bits per heavy atom. The lowest BCUT2D eigenvalue weighted by Crippen LogP contribution is -2.21. The Bertz CT molecular complexity index is 1210. The van der Waals surface area contributed by atoms with Gasteiger partial charge in [0.1, 0.15) is 34.2 Å². The van der Waals surface area contributed by atoms with Gasteiger partial charge in [0.15, 0.2) is 6.61 Å². The summed E-state index contributed by atoms with van der Waals surface area (Å²) in [7, 11) is 0. The van der Waals surface area contributed by atoms with E-state index in [2.05, 4.69) is 15.3 Å². The molecule has 7 heteroatoms. The smallest absolute Gasteiger partial charge is 0.263 e. The second-order valence-corrected chi connectivity index (χ2v) is 8.42. The van der Waals surface area contributed by atoms with E-state index in [9.17, 15) is 4.79 Å². The van der Waals surface area contributed by atoms with Crippen molar-refractivity contribution in [1.82, 2.24) is 9.97 Å². The van der Waals surface area contributed by atoms with Crippen LogP contribution < -0.4 is 14.8 Å². The zero-order valence-electron chi connectivity index (χ0n) is 16.8. The average Bonchev–Trinajstić information content (AvgIpc) is 3.19. The third-order valence-electron chi connectivity index (χ3n) is 5.18. The molecule has 1 aliphatic rings. The Morgan fingerprint density at radius 3 is 2.52 bits per heavy atom. The number of nitrogens with zero attached hydrogens (tertiary/aromatic N) is 2. The molecule has 5 rings (SSSR count). The van der Waals surface area contributed by atoms with Crippen molar-refractivity contribution in [3.63, 3.8) is 0 Å². The number of thiophene rings is 1. The molecule has 2 heterocycles. The lowest BCUT2D eigenvalue weighted by molar-refractivity contribution is -0.118. The minimum absolute atomic E-state index is 0.100. The van der Waals surface area contributed by atoms with Crippen LogP contribution >= 0.6 is 11.3 Å². The van der Waals surface area contributed by atoms with E-state index in [1.54, 1.807) is 23.5 Å². The van der Waals surface area contributed by atoms with E-state index in [-0.39, 0.29) is 12.5 Å². The molecule has 1 amide bonds. The molecule has 31 heavy (non-hydrogen) atoms. The summed E-state index contributed by atoms with van der Waals surface area (Å²) in [6.45, 7) is -0.100. The molecule has 1 aliphatic carbocycles. The molecule has 2 aromatic carbocycles. The third kappa shape index (κ3) is 4.36. The summed E-state index contributed by atoms with van der Waals surface area (Å²) in [5.74, 6) is 2.39. The van der Waals surface area contributed by atoms with Gasteiger partial charge in [-0.1, -0.05) is 18.2 Å². The van der Waals surface area contributed by atoms with Crippen molar-refractivity contribution >= 4 is 33.3 Å². The lowest BCUT2D eigenvalue weighted by atomic mass is 9.97. The highest BCUT2D eigenvalue weighted by molar-refractivity contribution is 7.19. The number of fused-ring (bicyclic) bond motifs is 3. The number of rotatable bonds is 6. The second-order valence-electron chi connectivity index (χ2n) is 7.34. The first-order valence-electron chi connectivity index (χ1n) is 10.3. The van der Waals surface area contributed by atoms with E-state index in [1.807, 2.05) is 42.5 Å². The molecule has 2 aromatic heterocycles. The number of benzene rings is 2. The van der Waals surface area contributed by atoms with Crippen LogP contribution in [0.15, 0.2) is 60.9 Å². The molecular formula is C24H21N3O3S. The van der Waals surface area contributed by atoms with Gasteiger partial charge in [-0.05, 0) is 67.6 Å². The summed E-state index contributed by atoms with van der Waals surface area (Å²) in [5, 5.41) is 3.89. The van der Waals surface area contributed by atoms with Crippen LogP contribution in [0.5, 0.6) is 17.2 Å². The van der Waals surface area contributed by atoms with Crippen LogP contribution in [0.3, 0.4) is 0 Å². The Balaban J connectivity index is 1.22. The molecule has 4 aromatic rings. The standard InChI is InChI=1S/C24H21N3O3S/c28-21(14-29-16-10-12-18(13-11-16)30-17-6-2-1-3-7-17)27-23-22-19-8-4-5-9-20(19)31-24(22)26-15-25-23/h1-3,6-7,10-13,15H,4-5,8-9,14H2,(H,25,26,27,28). The lowest BCUT2D eigenvalue weighted by Gasteiger charge is -2.12. The molecule has 0 radical (unpaired) electrons. The molecule has 0 aliphatic heterocycles. The van der Waals surface area contributed by atoms with Gasteiger partial charge in [-0.25, -0.2) is 9.97 Å². The van der Waals surface area contributed by atoms with Crippen molar-refractivity contribution in [1.29, 1.82) is 0 Å². The molecule has 156 valence electrons. The Hall–Kier alpha value is -3.45. The maximum absolute atomic E-state index is 12.5. The fourth-order valence-corrected chi connectivity index (χ4v) is 4.96. The number of anilines is 1. The molecule has 0 fully saturated rings. The number of para-hydroxylation sites is 1. The van der Waals surface area contributed by atoms with Crippen molar-refractivity contribution in [2.45, 2.75) is 25.7 Å². The number of amides is 1. The van der Waals surface area contributed by atoms with Gasteiger partial charge in [-0.15, -0.1) is 11.3 Å². The number of hydrogen-bond acceptors (Lipinski definition) is 6. The largest absolute Gasteiger partial charge is 0.484 e. The van der Waals surface area contributed by atoms with Crippen LogP contribution in [0, 0.1) is 0 Å². The monoisotopic (exact) mass is 431 g/mol. The van der Waals surface area contributed by atoms with Crippen molar-refractivity contribution < 1.29 is 14.3 Å². The van der Waals surface area contributed by atoms with Gasteiger partial charge >= 0.3 is 0 Å².